The number of rotatable bonds is 7. The second-order valence-electron chi connectivity index (χ2n) is 5.70. The van der Waals surface area contributed by atoms with Gasteiger partial charge in [-0.3, -0.25) is 14.5 Å². The number of thioether (sulfide) groups is 1. The minimum Gasteiger partial charge on any atom is -0.493 e. The lowest BCUT2D eigenvalue weighted by Crippen LogP contribution is -2.27. The van der Waals surface area contributed by atoms with Gasteiger partial charge in [0.15, 0.2) is 11.5 Å². The van der Waals surface area contributed by atoms with Crippen molar-refractivity contribution >= 4 is 35.0 Å². The Morgan fingerprint density at radius 3 is 2.64 bits per heavy atom. The first-order valence-corrected chi connectivity index (χ1v) is 9.12. The summed E-state index contributed by atoms with van der Waals surface area (Å²) < 4.78 is 16.1. The number of benzene rings is 1. The van der Waals surface area contributed by atoms with E-state index < -0.39 is 5.97 Å². The van der Waals surface area contributed by atoms with Crippen molar-refractivity contribution in [2.75, 3.05) is 13.7 Å². The topological polar surface area (TPSA) is 106 Å². The van der Waals surface area contributed by atoms with E-state index in [1.807, 2.05) is 0 Å². The predicted octanol–water partition coefficient (Wildman–Crippen LogP) is 3.62. The van der Waals surface area contributed by atoms with Crippen molar-refractivity contribution in [2.24, 2.45) is 0 Å². The van der Waals surface area contributed by atoms with E-state index in [-0.39, 0.29) is 23.5 Å². The normalized spacial score (nSPS) is 15.4. The van der Waals surface area contributed by atoms with Crippen molar-refractivity contribution in [1.29, 1.82) is 0 Å². The molecule has 28 heavy (non-hydrogen) atoms. The molecule has 0 atom stereocenters. The fourth-order valence-electron chi connectivity index (χ4n) is 2.54. The lowest BCUT2D eigenvalue weighted by Gasteiger charge is -2.10. The van der Waals surface area contributed by atoms with Crippen LogP contribution in [0.15, 0.2) is 39.7 Å². The molecule has 1 aliphatic heterocycles. The minimum atomic E-state index is -1.15. The third-order valence-electron chi connectivity index (χ3n) is 3.92. The smallest absolute Gasteiger partial charge is 0.371 e. The number of hydrogen-bond donors (Lipinski definition) is 1. The summed E-state index contributed by atoms with van der Waals surface area (Å²) in [5.74, 6) is -0.425. The SMILES string of the molecule is CCN1C(=O)S/C(=C\c2ccc(OCc3ccc(C(=O)O)o3)c(OC)c2)C1=O. The van der Waals surface area contributed by atoms with Gasteiger partial charge < -0.3 is 19.0 Å². The standard InChI is InChI=1S/C19H17NO7S/c1-3-20-17(21)16(28-19(20)24)9-11-4-6-13(15(8-11)25-2)26-10-12-5-7-14(27-12)18(22)23/h4-9H,3,10H2,1-2H3,(H,22,23)/b16-9-. The summed E-state index contributed by atoms with van der Waals surface area (Å²) in [7, 11) is 1.48. The van der Waals surface area contributed by atoms with Gasteiger partial charge in [-0.25, -0.2) is 4.79 Å². The molecule has 146 valence electrons. The monoisotopic (exact) mass is 403 g/mol. The number of hydrogen-bond acceptors (Lipinski definition) is 7. The number of nitrogens with zero attached hydrogens (tertiary/aromatic N) is 1. The Hall–Kier alpha value is -3.20. The molecule has 0 spiro atoms. The van der Waals surface area contributed by atoms with Gasteiger partial charge >= 0.3 is 5.97 Å². The fourth-order valence-corrected chi connectivity index (χ4v) is 3.44. The number of likely N-dealkylation sites (N-methyl/N-ethyl adjacent to an activating group) is 1. The second kappa shape index (κ2) is 8.22. The first-order valence-electron chi connectivity index (χ1n) is 8.31. The van der Waals surface area contributed by atoms with Crippen LogP contribution in [-0.2, 0) is 11.4 Å². The Morgan fingerprint density at radius 1 is 1.25 bits per heavy atom. The van der Waals surface area contributed by atoms with Crippen LogP contribution in [0.2, 0.25) is 0 Å². The van der Waals surface area contributed by atoms with Gasteiger partial charge in [-0.1, -0.05) is 6.07 Å². The quantitative estimate of drug-likeness (QED) is 0.699. The van der Waals surface area contributed by atoms with Crippen LogP contribution in [-0.4, -0.2) is 40.8 Å². The molecule has 1 aliphatic rings. The van der Waals surface area contributed by atoms with Crippen molar-refractivity contribution < 1.29 is 33.4 Å². The number of carboxylic acid groups (broad SMARTS) is 1. The first kappa shape index (κ1) is 19.6. The summed E-state index contributed by atoms with van der Waals surface area (Å²) >= 11 is 0.897. The number of methoxy groups -OCH3 is 1. The molecular weight excluding hydrogens is 386 g/mol. The van der Waals surface area contributed by atoms with Crippen molar-refractivity contribution in [3.63, 3.8) is 0 Å². The number of aromatic carboxylic acids is 1. The molecule has 2 aromatic rings. The number of ether oxygens (including phenoxy) is 2. The highest BCUT2D eigenvalue weighted by molar-refractivity contribution is 8.18. The molecule has 0 bridgehead atoms. The number of imide groups is 1. The Morgan fingerprint density at radius 2 is 2.04 bits per heavy atom. The van der Waals surface area contributed by atoms with Crippen LogP contribution in [0.3, 0.4) is 0 Å². The predicted molar refractivity (Wildman–Crippen MR) is 101 cm³/mol. The van der Waals surface area contributed by atoms with Gasteiger partial charge in [-0.2, -0.15) is 0 Å². The third-order valence-corrected chi connectivity index (χ3v) is 4.83. The summed E-state index contributed by atoms with van der Waals surface area (Å²) in [4.78, 5) is 36.4. The van der Waals surface area contributed by atoms with Gasteiger partial charge in [-0.05, 0) is 54.6 Å². The van der Waals surface area contributed by atoms with Gasteiger partial charge in [0.2, 0.25) is 5.76 Å². The van der Waals surface area contributed by atoms with Crippen LogP contribution in [0.1, 0.15) is 28.8 Å². The van der Waals surface area contributed by atoms with Gasteiger partial charge in [0.05, 0.1) is 12.0 Å². The molecule has 1 aromatic heterocycles. The van der Waals surface area contributed by atoms with E-state index >= 15 is 0 Å². The van der Waals surface area contributed by atoms with E-state index in [4.69, 9.17) is 19.0 Å². The van der Waals surface area contributed by atoms with Gasteiger partial charge in [0.1, 0.15) is 12.4 Å². The molecule has 0 saturated carbocycles. The van der Waals surface area contributed by atoms with E-state index in [0.717, 1.165) is 11.8 Å². The molecule has 0 unspecified atom stereocenters. The van der Waals surface area contributed by atoms with E-state index in [1.54, 1.807) is 31.2 Å². The maximum atomic E-state index is 12.2. The maximum absolute atomic E-state index is 12.2. The Bertz CT molecular complexity index is 963. The average Bonchev–Trinajstić information content (AvgIpc) is 3.25. The minimum absolute atomic E-state index is 0.0262. The van der Waals surface area contributed by atoms with Gasteiger partial charge in [0, 0.05) is 6.54 Å². The summed E-state index contributed by atoms with van der Waals surface area (Å²) in [5, 5.41) is 8.58. The van der Waals surface area contributed by atoms with E-state index in [9.17, 15) is 14.4 Å². The molecule has 1 fully saturated rings. The van der Waals surface area contributed by atoms with Crippen molar-refractivity contribution in [2.45, 2.75) is 13.5 Å². The molecule has 9 heteroatoms. The zero-order chi connectivity index (χ0) is 20.3. The molecular formula is C19H17NO7S. The lowest BCUT2D eigenvalue weighted by atomic mass is 10.2. The molecule has 1 aromatic carbocycles. The van der Waals surface area contributed by atoms with Crippen molar-refractivity contribution in [3.05, 3.63) is 52.3 Å². The average molecular weight is 403 g/mol. The van der Waals surface area contributed by atoms with Gasteiger partial charge in [0.25, 0.3) is 11.1 Å². The molecule has 2 heterocycles. The molecule has 0 radical (unpaired) electrons. The summed E-state index contributed by atoms with van der Waals surface area (Å²) in [6, 6.07) is 7.94. The first-order chi connectivity index (χ1) is 13.4. The molecule has 0 aliphatic carbocycles. The number of furan rings is 1. The summed E-state index contributed by atoms with van der Waals surface area (Å²) in [5.41, 5.74) is 0.678. The van der Waals surface area contributed by atoms with Crippen molar-refractivity contribution in [3.8, 4) is 11.5 Å². The highest BCUT2D eigenvalue weighted by Gasteiger charge is 2.33. The summed E-state index contributed by atoms with van der Waals surface area (Å²) in [6.45, 7) is 2.10. The lowest BCUT2D eigenvalue weighted by molar-refractivity contribution is -0.122. The van der Waals surface area contributed by atoms with E-state index in [2.05, 4.69) is 0 Å². The molecule has 1 N–H and O–H groups in total. The molecule has 8 nitrogen and oxygen atoms in total. The molecule has 3 rings (SSSR count). The second-order valence-corrected chi connectivity index (χ2v) is 6.69. The van der Waals surface area contributed by atoms with E-state index in [0.29, 0.717) is 34.3 Å². The van der Waals surface area contributed by atoms with Gasteiger partial charge in [-0.15, -0.1) is 0 Å². The third kappa shape index (κ3) is 4.04. The highest BCUT2D eigenvalue weighted by Crippen LogP contribution is 2.34. The Labute approximate surface area is 164 Å². The molecule has 1 saturated heterocycles. The maximum Gasteiger partial charge on any atom is 0.371 e. The number of carboxylic acids is 1. The number of amides is 2. The van der Waals surface area contributed by atoms with Crippen LogP contribution in [0.4, 0.5) is 4.79 Å². The van der Waals surface area contributed by atoms with Crippen LogP contribution >= 0.6 is 11.8 Å². The van der Waals surface area contributed by atoms with Crippen molar-refractivity contribution in [1.82, 2.24) is 4.90 Å². The highest BCUT2D eigenvalue weighted by atomic mass is 32.2. The van der Waals surface area contributed by atoms with Crippen LogP contribution in [0, 0.1) is 0 Å². The fraction of sp³-hybridized carbons (Fsp3) is 0.211. The number of carbonyl (C=O) groups excluding carboxylic acids is 2. The Balaban J connectivity index is 1.75. The van der Waals surface area contributed by atoms with Crippen LogP contribution in [0.25, 0.3) is 6.08 Å². The summed E-state index contributed by atoms with van der Waals surface area (Å²) in [6.07, 6.45) is 1.62. The molecule has 2 amide bonds. The Kier molecular flexibility index (Phi) is 5.74. The zero-order valence-corrected chi connectivity index (χ0v) is 15.9. The van der Waals surface area contributed by atoms with Crippen LogP contribution < -0.4 is 9.47 Å². The van der Waals surface area contributed by atoms with E-state index in [1.165, 1.54) is 24.1 Å². The van der Waals surface area contributed by atoms with Crippen LogP contribution in [0.5, 0.6) is 11.5 Å². The number of carbonyl (C=O) groups is 3. The zero-order valence-electron chi connectivity index (χ0n) is 15.1. The largest absolute Gasteiger partial charge is 0.493 e.